The van der Waals surface area contributed by atoms with Crippen molar-refractivity contribution in [1.82, 2.24) is 4.57 Å². The molecule has 0 unspecified atom stereocenters. The highest BCUT2D eigenvalue weighted by Crippen LogP contribution is 2.20. The number of hydrazone groups is 1. The first-order valence-corrected chi connectivity index (χ1v) is 12.9. The Hall–Kier alpha value is -5.39. The maximum absolute atomic E-state index is 12.7. The molecule has 1 amide bonds. The second-order valence-electron chi connectivity index (χ2n) is 9.11. The Bertz CT molecular complexity index is 1570. The number of aromatic nitrogens is 1. The van der Waals surface area contributed by atoms with Crippen molar-refractivity contribution < 1.29 is 37.4 Å². The van der Waals surface area contributed by atoms with Crippen LogP contribution in [0.25, 0.3) is 0 Å². The maximum Gasteiger partial charge on any atom is 0.490 e. The minimum Gasteiger partial charge on any atom is -0.475 e. The summed E-state index contributed by atoms with van der Waals surface area (Å²) in [5, 5.41) is 13.6. The number of nitrogens with two attached hydrogens (primary N) is 1. The third kappa shape index (κ3) is 9.88. The highest BCUT2D eigenvalue weighted by atomic mass is 19.4. The molecule has 43 heavy (non-hydrogen) atoms. The molecule has 4 aromatic rings. The number of esters is 1. The minimum absolute atomic E-state index is 0.173. The number of para-hydroxylation sites is 1. The van der Waals surface area contributed by atoms with E-state index >= 15 is 0 Å². The average Bonchev–Trinajstić information content (AvgIpc) is 3.36. The summed E-state index contributed by atoms with van der Waals surface area (Å²) in [4.78, 5) is 34.1. The number of ether oxygens (including phenoxy) is 1. The van der Waals surface area contributed by atoms with E-state index in [0.29, 0.717) is 30.7 Å². The molecule has 0 radical (unpaired) electrons. The van der Waals surface area contributed by atoms with Gasteiger partial charge in [-0.1, -0.05) is 48.5 Å². The smallest absolute Gasteiger partial charge is 0.475 e. The van der Waals surface area contributed by atoms with E-state index < -0.39 is 12.1 Å². The van der Waals surface area contributed by atoms with E-state index in [1.165, 1.54) is 0 Å². The summed E-state index contributed by atoms with van der Waals surface area (Å²) in [5.41, 5.74) is 5.63. The van der Waals surface area contributed by atoms with E-state index in [4.69, 9.17) is 20.5 Å². The fourth-order valence-electron chi connectivity index (χ4n) is 3.97. The predicted octanol–water partition coefficient (Wildman–Crippen LogP) is 5.48. The first kappa shape index (κ1) is 32.1. The van der Waals surface area contributed by atoms with E-state index in [-0.39, 0.29) is 11.9 Å². The number of carbonyl (C=O) groups is 3. The zero-order valence-electron chi connectivity index (χ0n) is 23.0. The Labute approximate surface area is 245 Å². The molecule has 4 N–H and O–H groups in total. The molecule has 4 rings (SSSR count). The van der Waals surface area contributed by atoms with E-state index in [2.05, 4.69) is 10.4 Å². The molecule has 0 saturated heterocycles. The van der Waals surface area contributed by atoms with Gasteiger partial charge in [0.2, 0.25) is 0 Å². The van der Waals surface area contributed by atoms with Gasteiger partial charge < -0.3 is 25.6 Å². The fraction of sp³-hybridized carbons (Fsp3) is 0.161. The number of hydrogen-bond acceptors (Lipinski definition) is 6. The second-order valence-corrected chi connectivity index (χ2v) is 9.11. The summed E-state index contributed by atoms with van der Waals surface area (Å²) < 4.78 is 39.0. The van der Waals surface area contributed by atoms with E-state index in [9.17, 15) is 22.8 Å². The molecule has 0 spiro atoms. The molecule has 0 fully saturated rings. The third-order valence-electron chi connectivity index (χ3n) is 5.88. The van der Waals surface area contributed by atoms with Gasteiger partial charge in [0.25, 0.3) is 5.91 Å². The summed E-state index contributed by atoms with van der Waals surface area (Å²) in [7, 11) is 0. The van der Waals surface area contributed by atoms with Gasteiger partial charge in [-0.2, -0.15) is 18.3 Å². The van der Waals surface area contributed by atoms with Gasteiger partial charge >= 0.3 is 18.1 Å². The normalized spacial score (nSPS) is 11.0. The van der Waals surface area contributed by atoms with Crippen molar-refractivity contribution in [2.45, 2.75) is 26.1 Å². The predicted molar refractivity (Wildman–Crippen MR) is 155 cm³/mol. The lowest BCUT2D eigenvalue weighted by Gasteiger charge is -2.07. The molecule has 1 heterocycles. The Morgan fingerprint density at radius 1 is 0.977 bits per heavy atom. The molecule has 3 aromatic carbocycles. The summed E-state index contributed by atoms with van der Waals surface area (Å²) in [6.07, 6.45) is 0.824. The van der Waals surface area contributed by atoms with Gasteiger partial charge in [0.15, 0.2) is 0 Å². The molecule has 0 saturated carbocycles. The van der Waals surface area contributed by atoms with Crippen molar-refractivity contribution in [3.63, 3.8) is 0 Å². The Kier molecular flexibility index (Phi) is 11.2. The zero-order chi connectivity index (χ0) is 31.4. The first-order valence-electron chi connectivity index (χ1n) is 12.9. The van der Waals surface area contributed by atoms with Crippen LogP contribution in [0.1, 0.15) is 49.9 Å². The van der Waals surface area contributed by atoms with E-state index in [0.717, 1.165) is 27.9 Å². The number of carboxylic acid groups (broad SMARTS) is 1. The third-order valence-corrected chi connectivity index (χ3v) is 5.88. The number of carbonyl (C=O) groups excluding carboxylic acids is 2. The van der Waals surface area contributed by atoms with Crippen molar-refractivity contribution in [2.75, 3.05) is 11.9 Å². The zero-order valence-corrected chi connectivity index (χ0v) is 23.0. The molecular weight excluding hydrogens is 565 g/mol. The number of rotatable bonds is 9. The van der Waals surface area contributed by atoms with Crippen LogP contribution >= 0.6 is 0 Å². The number of anilines is 1. The second kappa shape index (κ2) is 15.0. The molecule has 224 valence electrons. The Balaban J connectivity index is 0.000000646. The molecule has 0 aliphatic carbocycles. The summed E-state index contributed by atoms with van der Waals surface area (Å²) >= 11 is 0. The number of benzene rings is 3. The highest BCUT2D eigenvalue weighted by Gasteiger charge is 2.38. The number of hydrogen-bond donors (Lipinski definition) is 3. The summed E-state index contributed by atoms with van der Waals surface area (Å²) in [5.74, 6) is 1.99. The van der Waals surface area contributed by atoms with Crippen molar-refractivity contribution in [1.29, 1.82) is 0 Å². The maximum atomic E-state index is 12.7. The molecule has 0 atom stereocenters. The fourth-order valence-corrected chi connectivity index (χ4v) is 3.97. The molecule has 9 nitrogen and oxygen atoms in total. The molecule has 0 aliphatic rings. The molecule has 1 aromatic heterocycles. The van der Waals surface area contributed by atoms with Gasteiger partial charge in [0.1, 0.15) is 0 Å². The van der Waals surface area contributed by atoms with Crippen LogP contribution in [0.4, 0.5) is 18.9 Å². The van der Waals surface area contributed by atoms with E-state index in [1.807, 2.05) is 83.7 Å². The lowest BCUT2D eigenvalue weighted by atomic mass is 10.0. The van der Waals surface area contributed by atoms with Crippen molar-refractivity contribution in [2.24, 2.45) is 10.9 Å². The van der Waals surface area contributed by atoms with Crippen LogP contribution in [-0.2, 0) is 22.5 Å². The lowest BCUT2D eigenvalue weighted by molar-refractivity contribution is -0.192. The number of halogens is 3. The van der Waals surface area contributed by atoms with E-state index in [1.54, 1.807) is 25.3 Å². The van der Waals surface area contributed by atoms with Gasteiger partial charge in [-0.05, 0) is 65.9 Å². The van der Waals surface area contributed by atoms with Gasteiger partial charge in [-0.25, -0.2) is 9.59 Å². The largest absolute Gasteiger partial charge is 0.490 e. The standard InChI is InChI=1S/C29H28N4O3.C2HF3O2/c1-2-36-29(35)27-20-33(18-23-8-6-7-22(15-23)17-31-30)19-25(27)16-21-11-13-24(14-12-21)28(34)32-26-9-4-3-5-10-26;3-2(4,5)1(6)7/h3-15,17,19-20H,2,16,18,30H2,1H3,(H,32,34);(H,6,7)/b31-17-;. The topological polar surface area (TPSA) is 136 Å². The van der Waals surface area contributed by atoms with Crippen LogP contribution in [0, 0.1) is 0 Å². The number of amides is 1. The minimum atomic E-state index is -5.08. The molecule has 0 bridgehead atoms. The Morgan fingerprint density at radius 2 is 1.65 bits per heavy atom. The van der Waals surface area contributed by atoms with Crippen LogP contribution < -0.4 is 11.2 Å². The van der Waals surface area contributed by atoms with Crippen LogP contribution in [0.3, 0.4) is 0 Å². The van der Waals surface area contributed by atoms with Crippen LogP contribution in [0.5, 0.6) is 0 Å². The van der Waals surface area contributed by atoms with Crippen molar-refractivity contribution in [3.8, 4) is 0 Å². The summed E-state index contributed by atoms with van der Waals surface area (Å²) in [6, 6.07) is 24.6. The van der Waals surface area contributed by atoms with Gasteiger partial charge in [-0.3, -0.25) is 4.79 Å². The van der Waals surface area contributed by atoms with Gasteiger partial charge in [-0.15, -0.1) is 0 Å². The number of aliphatic carboxylic acids is 1. The van der Waals surface area contributed by atoms with Gasteiger partial charge in [0, 0.05) is 30.2 Å². The van der Waals surface area contributed by atoms with Crippen molar-refractivity contribution >= 4 is 29.7 Å². The SMILES string of the molecule is CCOC(=O)c1cn(Cc2cccc(/C=N\N)c2)cc1Cc1ccc(C(=O)Nc2ccccc2)cc1.O=C(O)C(F)(F)F. The first-order chi connectivity index (χ1) is 20.5. The number of nitrogens with zero attached hydrogens (tertiary/aromatic N) is 2. The Morgan fingerprint density at radius 3 is 2.26 bits per heavy atom. The molecule has 12 heteroatoms. The summed E-state index contributed by atoms with van der Waals surface area (Å²) in [6.45, 7) is 2.67. The number of nitrogens with one attached hydrogen (secondary N) is 1. The number of carboxylic acids is 1. The van der Waals surface area contributed by atoms with Crippen LogP contribution in [0.2, 0.25) is 0 Å². The van der Waals surface area contributed by atoms with Crippen LogP contribution in [-0.4, -0.2) is 46.5 Å². The lowest BCUT2D eigenvalue weighted by Crippen LogP contribution is -2.21. The quantitative estimate of drug-likeness (QED) is 0.102. The number of alkyl halides is 3. The highest BCUT2D eigenvalue weighted by molar-refractivity contribution is 6.04. The monoisotopic (exact) mass is 594 g/mol. The van der Waals surface area contributed by atoms with Gasteiger partial charge in [0.05, 0.1) is 18.4 Å². The average molecular weight is 595 g/mol. The molecule has 0 aliphatic heterocycles. The molecular formula is C31H29F3N4O5. The van der Waals surface area contributed by atoms with Crippen LogP contribution in [0.15, 0.2) is 96.4 Å². The van der Waals surface area contributed by atoms with Crippen molar-refractivity contribution in [3.05, 3.63) is 125 Å².